The fraction of sp³-hybridized carbons (Fsp3) is 0.200. The normalized spacial score (nSPS) is 9.07. The lowest BCUT2D eigenvalue weighted by atomic mass is 10.2. The molecule has 0 radical (unpaired) electrons. The van der Waals surface area contributed by atoms with E-state index in [4.69, 9.17) is 5.84 Å². The van der Waals surface area contributed by atoms with Gasteiger partial charge in [0.1, 0.15) is 5.82 Å². The molecule has 0 bridgehead atoms. The summed E-state index contributed by atoms with van der Waals surface area (Å²) in [5.74, 6) is 10.4. The van der Waals surface area contributed by atoms with Gasteiger partial charge in [0, 0.05) is 17.3 Å². The number of hydrazine groups is 1. The molecule has 74 valence electrons. The molecule has 0 amide bonds. The predicted molar refractivity (Wildman–Crippen MR) is 59.5 cm³/mol. The highest BCUT2D eigenvalue weighted by atomic mass is 79.9. The minimum absolute atomic E-state index is 0.274. The molecule has 4 heteroatoms. The number of nitrogens with two attached hydrogens (primary N) is 1. The molecule has 1 rings (SSSR count). The van der Waals surface area contributed by atoms with Crippen molar-refractivity contribution in [2.45, 2.75) is 6.42 Å². The second-order valence-electron chi connectivity index (χ2n) is 2.58. The molecule has 1 aromatic rings. The zero-order valence-corrected chi connectivity index (χ0v) is 9.07. The highest BCUT2D eigenvalue weighted by molar-refractivity contribution is 9.09. The van der Waals surface area contributed by atoms with Crippen molar-refractivity contribution < 1.29 is 4.39 Å². The molecule has 0 aliphatic heterocycles. The van der Waals surface area contributed by atoms with Crippen LogP contribution in [0, 0.1) is 17.7 Å². The predicted octanol–water partition coefficient (Wildman–Crippen LogP) is 2.25. The standard InChI is InChI=1S/C10H10BrFN2/c11-6-2-1-3-8-4-5-10(14-13)9(12)7-8/h4-5,7,14H,2,6,13H2. The zero-order chi connectivity index (χ0) is 10.4. The van der Waals surface area contributed by atoms with Crippen LogP contribution in [0.4, 0.5) is 10.1 Å². The quantitative estimate of drug-likeness (QED) is 0.369. The summed E-state index contributed by atoms with van der Waals surface area (Å²) in [6, 6.07) is 4.64. The first-order valence-electron chi connectivity index (χ1n) is 4.09. The van der Waals surface area contributed by atoms with E-state index in [1.807, 2.05) is 0 Å². The first kappa shape index (κ1) is 11.0. The molecule has 0 aliphatic carbocycles. The van der Waals surface area contributed by atoms with Crippen LogP contribution in [0.3, 0.4) is 0 Å². The minimum atomic E-state index is -0.391. The maximum absolute atomic E-state index is 13.1. The minimum Gasteiger partial charge on any atom is -0.321 e. The Morgan fingerprint density at radius 2 is 2.29 bits per heavy atom. The summed E-state index contributed by atoms with van der Waals surface area (Å²) < 4.78 is 13.1. The van der Waals surface area contributed by atoms with Crippen LogP contribution in [0.2, 0.25) is 0 Å². The van der Waals surface area contributed by atoms with Crippen LogP contribution < -0.4 is 11.3 Å². The number of alkyl halides is 1. The molecule has 0 unspecified atom stereocenters. The summed E-state index contributed by atoms with van der Waals surface area (Å²) in [6.45, 7) is 0. The highest BCUT2D eigenvalue weighted by Crippen LogP contribution is 2.13. The third kappa shape index (κ3) is 3.02. The van der Waals surface area contributed by atoms with Crippen molar-refractivity contribution >= 4 is 21.6 Å². The van der Waals surface area contributed by atoms with Gasteiger partial charge in [-0.15, -0.1) is 0 Å². The molecule has 0 heterocycles. The third-order valence-electron chi connectivity index (χ3n) is 1.58. The maximum atomic E-state index is 13.1. The van der Waals surface area contributed by atoms with Crippen LogP contribution in [0.5, 0.6) is 0 Å². The summed E-state index contributed by atoms with van der Waals surface area (Å²) in [5.41, 5.74) is 3.19. The van der Waals surface area contributed by atoms with E-state index in [0.29, 0.717) is 5.56 Å². The fourth-order valence-electron chi connectivity index (χ4n) is 0.922. The molecule has 0 fully saturated rings. The Hall–Kier alpha value is -1.05. The number of hydrogen-bond acceptors (Lipinski definition) is 2. The van der Waals surface area contributed by atoms with Crippen LogP contribution in [0.25, 0.3) is 0 Å². The molecule has 0 spiro atoms. The zero-order valence-electron chi connectivity index (χ0n) is 7.48. The monoisotopic (exact) mass is 256 g/mol. The molecule has 3 N–H and O–H groups in total. The number of benzene rings is 1. The van der Waals surface area contributed by atoms with E-state index < -0.39 is 5.82 Å². The summed E-state index contributed by atoms with van der Waals surface area (Å²) in [7, 11) is 0. The molecule has 0 aromatic heterocycles. The van der Waals surface area contributed by atoms with Crippen LogP contribution in [0.1, 0.15) is 12.0 Å². The summed E-state index contributed by atoms with van der Waals surface area (Å²) in [4.78, 5) is 0. The van der Waals surface area contributed by atoms with Gasteiger partial charge in [-0.1, -0.05) is 27.8 Å². The topological polar surface area (TPSA) is 38.0 Å². The lowest BCUT2D eigenvalue weighted by Crippen LogP contribution is -2.08. The van der Waals surface area contributed by atoms with Crippen molar-refractivity contribution in [2.24, 2.45) is 5.84 Å². The van der Waals surface area contributed by atoms with Gasteiger partial charge in [0.25, 0.3) is 0 Å². The Morgan fingerprint density at radius 1 is 1.50 bits per heavy atom. The van der Waals surface area contributed by atoms with Gasteiger partial charge < -0.3 is 5.43 Å². The Balaban J connectivity index is 2.82. The van der Waals surface area contributed by atoms with E-state index in [1.165, 1.54) is 6.07 Å². The van der Waals surface area contributed by atoms with Crippen molar-refractivity contribution in [2.75, 3.05) is 10.8 Å². The molecule has 0 saturated heterocycles. The van der Waals surface area contributed by atoms with E-state index in [-0.39, 0.29) is 5.69 Å². The lowest BCUT2D eigenvalue weighted by molar-refractivity contribution is 0.630. The van der Waals surface area contributed by atoms with Gasteiger partial charge in [0.05, 0.1) is 5.69 Å². The van der Waals surface area contributed by atoms with Crippen molar-refractivity contribution in [3.05, 3.63) is 29.6 Å². The molecular formula is C10H10BrFN2. The average molecular weight is 257 g/mol. The molecular weight excluding hydrogens is 247 g/mol. The first-order chi connectivity index (χ1) is 6.77. The third-order valence-corrected chi connectivity index (χ3v) is 1.97. The van der Waals surface area contributed by atoms with E-state index in [2.05, 4.69) is 33.2 Å². The van der Waals surface area contributed by atoms with E-state index in [0.717, 1.165) is 11.8 Å². The number of hydrogen-bond donors (Lipinski definition) is 2. The lowest BCUT2D eigenvalue weighted by Gasteiger charge is -2.00. The SMILES string of the molecule is NNc1ccc(C#CCCBr)cc1F. The van der Waals surface area contributed by atoms with Crippen molar-refractivity contribution in [3.8, 4) is 11.8 Å². The Kier molecular flexibility index (Phi) is 4.44. The first-order valence-corrected chi connectivity index (χ1v) is 5.21. The number of anilines is 1. The van der Waals surface area contributed by atoms with E-state index in [1.54, 1.807) is 12.1 Å². The van der Waals surface area contributed by atoms with E-state index >= 15 is 0 Å². The van der Waals surface area contributed by atoms with Crippen molar-refractivity contribution in [1.29, 1.82) is 0 Å². The molecule has 14 heavy (non-hydrogen) atoms. The molecule has 0 aliphatic rings. The van der Waals surface area contributed by atoms with Gasteiger partial charge in [0.2, 0.25) is 0 Å². The van der Waals surface area contributed by atoms with E-state index in [9.17, 15) is 4.39 Å². The largest absolute Gasteiger partial charge is 0.321 e. The van der Waals surface area contributed by atoms with Crippen LogP contribution in [-0.4, -0.2) is 5.33 Å². The summed E-state index contributed by atoms with van der Waals surface area (Å²) in [5, 5.41) is 0.824. The van der Waals surface area contributed by atoms with Gasteiger partial charge in [-0.2, -0.15) is 0 Å². The Bertz CT molecular complexity index is 368. The second-order valence-corrected chi connectivity index (χ2v) is 3.37. The summed E-state index contributed by atoms with van der Waals surface area (Å²) in [6.07, 6.45) is 0.749. The van der Waals surface area contributed by atoms with Crippen LogP contribution in [0.15, 0.2) is 18.2 Å². The molecule has 0 saturated carbocycles. The fourth-order valence-corrected chi connectivity index (χ4v) is 1.12. The van der Waals surface area contributed by atoms with Gasteiger partial charge in [-0.3, -0.25) is 5.84 Å². The van der Waals surface area contributed by atoms with Gasteiger partial charge >= 0.3 is 0 Å². The average Bonchev–Trinajstić information content (AvgIpc) is 2.18. The van der Waals surface area contributed by atoms with Gasteiger partial charge in [0.15, 0.2) is 0 Å². The number of halogens is 2. The number of nitrogens with one attached hydrogen (secondary N) is 1. The smallest absolute Gasteiger partial charge is 0.148 e. The number of rotatable bonds is 2. The van der Waals surface area contributed by atoms with Gasteiger partial charge in [-0.05, 0) is 18.2 Å². The summed E-state index contributed by atoms with van der Waals surface area (Å²) >= 11 is 3.26. The van der Waals surface area contributed by atoms with Crippen molar-refractivity contribution in [1.82, 2.24) is 0 Å². The maximum Gasteiger partial charge on any atom is 0.148 e. The second kappa shape index (κ2) is 5.63. The Labute approximate surface area is 90.8 Å². The number of nitrogen functional groups attached to an aromatic ring is 1. The van der Waals surface area contributed by atoms with Crippen LogP contribution in [-0.2, 0) is 0 Å². The molecule has 1 aromatic carbocycles. The molecule has 2 nitrogen and oxygen atoms in total. The highest BCUT2D eigenvalue weighted by Gasteiger charge is 1.99. The Morgan fingerprint density at radius 3 is 2.86 bits per heavy atom. The van der Waals surface area contributed by atoms with Crippen molar-refractivity contribution in [3.63, 3.8) is 0 Å². The van der Waals surface area contributed by atoms with Gasteiger partial charge in [-0.25, -0.2) is 4.39 Å². The van der Waals surface area contributed by atoms with Crippen LogP contribution >= 0.6 is 15.9 Å². The molecule has 0 atom stereocenters.